The zero-order valence-corrected chi connectivity index (χ0v) is 35.1. The summed E-state index contributed by atoms with van der Waals surface area (Å²) in [6.07, 6.45) is 0. The zero-order valence-electron chi connectivity index (χ0n) is 35.1. The first-order valence-corrected chi connectivity index (χ1v) is 19.9. The van der Waals surface area contributed by atoms with Crippen LogP contribution in [-0.4, -0.2) is 46.5 Å². The van der Waals surface area contributed by atoms with Crippen molar-refractivity contribution in [1.29, 1.82) is 0 Å². The summed E-state index contributed by atoms with van der Waals surface area (Å²) in [5.41, 5.74) is 14.2. The molecule has 0 spiro atoms. The number of para-hydroxylation sites is 2. The van der Waals surface area contributed by atoms with Crippen LogP contribution in [0.5, 0.6) is 0 Å². The molecule has 1 amide bonds. The molecule has 6 N–H and O–H groups in total. The molecule has 0 aliphatic carbocycles. The second-order valence-corrected chi connectivity index (χ2v) is 14.9. The van der Waals surface area contributed by atoms with Gasteiger partial charge in [-0.2, -0.15) is 10.2 Å². The van der Waals surface area contributed by atoms with E-state index in [0.29, 0.717) is 28.8 Å². The number of aromatic carboxylic acids is 1. The smallest absolute Gasteiger partial charge is 0.357 e. The minimum absolute atomic E-state index is 0.0193. The first kappa shape index (κ1) is 43.2. The molecule has 4 aromatic heterocycles. The van der Waals surface area contributed by atoms with Crippen LogP contribution in [0, 0.1) is 27.7 Å². The number of nitrogens with two attached hydrogens (primary N) is 1. The fourth-order valence-corrected chi connectivity index (χ4v) is 7.33. The highest BCUT2D eigenvalue weighted by atomic mass is 16.4. The van der Waals surface area contributed by atoms with Gasteiger partial charge in [0, 0.05) is 46.4 Å². The van der Waals surface area contributed by atoms with E-state index in [1.54, 1.807) is 10.7 Å². The normalized spacial score (nSPS) is 11.9. The van der Waals surface area contributed by atoms with Crippen molar-refractivity contribution < 1.29 is 14.7 Å². The van der Waals surface area contributed by atoms with E-state index >= 15 is 0 Å². The molecule has 2 unspecified atom stereocenters. The standard InChI is InChI=1S/C24H24N4O2.C16H14N2O2.C8H12N2O/c1-15-13-16(2)26-23(29)20(15)14-25-24(30)22-19-11-7-8-12-21(19)28(27-22)17(3)18-9-5-4-6-10-18;1-11(12-7-3-2-4-8-12)18-14-10-6-5-9-13(14)15(17-18)16(19)20;1-5-3-6(2)10-8(11)7(5)4-9/h4-13,17H,14H2,1-3H3,(H,25,30)(H,26,29);2-11H,1H3,(H,19,20);3H,4,9H2,1-2H3,(H,10,11). The summed E-state index contributed by atoms with van der Waals surface area (Å²) in [6, 6.07) is 38.9. The lowest BCUT2D eigenvalue weighted by Gasteiger charge is -2.13. The van der Waals surface area contributed by atoms with Crippen molar-refractivity contribution in [3.8, 4) is 0 Å². The second kappa shape index (κ2) is 19.1. The number of nitrogens with zero attached hydrogens (tertiary/aromatic N) is 4. The van der Waals surface area contributed by atoms with Crippen molar-refractivity contribution in [3.63, 3.8) is 0 Å². The SMILES string of the molecule is CC(c1ccccc1)n1nc(C(=O)O)c2ccccc21.Cc1cc(C)c(CN)c(=O)[nH]1.Cc1cc(C)c(CNC(=O)c2nn(C(C)c3ccccc3)c3ccccc23)c(=O)[nH]1. The third-order valence-corrected chi connectivity index (χ3v) is 10.6. The lowest BCUT2D eigenvalue weighted by atomic mass is 10.1. The number of aromatic nitrogens is 6. The van der Waals surface area contributed by atoms with Gasteiger partial charge < -0.3 is 26.1 Å². The maximum atomic E-state index is 13.0. The molecule has 8 rings (SSSR count). The number of hydrogen-bond acceptors (Lipinski definition) is 7. The van der Waals surface area contributed by atoms with Gasteiger partial charge in [-0.1, -0.05) is 97.1 Å². The quantitative estimate of drug-likeness (QED) is 0.0979. The van der Waals surface area contributed by atoms with Gasteiger partial charge in [0.25, 0.3) is 17.0 Å². The van der Waals surface area contributed by atoms with Crippen LogP contribution >= 0.6 is 0 Å². The molecule has 8 aromatic rings. The van der Waals surface area contributed by atoms with E-state index < -0.39 is 5.97 Å². The van der Waals surface area contributed by atoms with Crippen LogP contribution in [0.3, 0.4) is 0 Å². The highest BCUT2D eigenvalue weighted by molar-refractivity contribution is 6.05. The Labute approximate surface area is 352 Å². The largest absolute Gasteiger partial charge is 0.476 e. The van der Waals surface area contributed by atoms with Crippen LogP contribution in [0.1, 0.15) is 91.7 Å². The van der Waals surface area contributed by atoms with Crippen LogP contribution in [-0.2, 0) is 13.1 Å². The van der Waals surface area contributed by atoms with E-state index in [1.807, 2.05) is 155 Å². The summed E-state index contributed by atoms with van der Waals surface area (Å²) in [7, 11) is 0. The van der Waals surface area contributed by atoms with Gasteiger partial charge in [-0.15, -0.1) is 0 Å². The third kappa shape index (κ3) is 9.75. The van der Waals surface area contributed by atoms with Gasteiger partial charge in [-0.25, -0.2) is 4.79 Å². The number of carbonyl (C=O) groups is 2. The number of H-pyrrole nitrogens is 2. The Balaban J connectivity index is 0.000000172. The number of rotatable bonds is 9. The van der Waals surface area contributed by atoms with Crippen LogP contribution < -0.4 is 22.2 Å². The fourth-order valence-electron chi connectivity index (χ4n) is 7.33. The number of amides is 1. The number of carboxylic acids is 1. The van der Waals surface area contributed by atoms with Crippen LogP contribution in [0.15, 0.2) is 131 Å². The molecule has 0 saturated heterocycles. The van der Waals surface area contributed by atoms with E-state index in [0.717, 1.165) is 50.1 Å². The van der Waals surface area contributed by atoms with Crippen LogP contribution in [0.4, 0.5) is 0 Å². The number of aryl methyl sites for hydroxylation is 4. The molecule has 61 heavy (non-hydrogen) atoms. The Morgan fingerprint density at radius 1 is 0.639 bits per heavy atom. The minimum atomic E-state index is -1.000. The zero-order chi connectivity index (χ0) is 43.8. The summed E-state index contributed by atoms with van der Waals surface area (Å²) in [4.78, 5) is 53.2. The summed E-state index contributed by atoms with van der Waals surface area (Å²) < 4.78 is 3.65. The molecule has 312 valence electrons. The number of pyridine rings is 2. The summed E-state index contributed by atoms with van der Waals surface area (Å²) in [5, 5.41) is 22.5. The maximum absolute atomic E-state index is 13.0. The van der Waals surface area contributed by atoms with Gasteiger partial charge in [0.15, 0.2) is 11.4 Å². The molecular formula is C48H50N8O5. The molecule has 0 bridgehead atoms. The minimum Gasteiger partial charge on any atom is -0.476 e. The molecule has 0 saturated carbocycles. The monoisotopic (exact) mass is 818 g/mol. The van der Waals surface area contributed by atoms with Gasteiger partial charge in [-0.05, 0) is 88.1 Å². The van der Waals surface area contributed by atoms with E-state index in [-0.39, 0.29) is 41.3 Å². The van der Waals surface area contributed by atoms with E-state index in [9.17, 15) is 24.3 Å². The van der Waals surface area contributed by atoms with Gasteiger partial charge in [-0.3, -0.25) is 23.7 Å². The number of fused-ring (bicyclic) bond motifs is 2. The van der Waals surface area contributed by atoms with Crippen LogP contribution in [0.25, 0.3) is 21.8 Å². The highest BCUT2D eigenvalue weighted by Gasteiger charge is 2.22. The number of carbonyl (C=O) groups excluding carboxylic acids is 1. The average Bonchev–Trinajstić information content (AvgIpc) is 3.84. The lowest BCUT2D eigenvalue weighted by Crippen LogP contribution is -2.28. The number of carboxylic acid groups (broad SMARTS) is 1. The predicted octanol–water partition coefficient (Wildman–Crippen LogP) is 7.67. The Morgan fingerprint density at radius 3 is 1.49 bits per heavy atom. The molecule has 13 nitrogen and oxygen atoms in total. The number of nitrogens with one attached hydrogen (secondary N) is 3. The molecular weight excluding hydrogens is 769 g/mol. The van der Waals surface area contributed by atoms with Crippen molar-refractivity contribution in [2.75, 3.05) is 0 Å². The molecule has 0 aliphatic heterocycles. The number of aromatic amines is 2. The van der Waals surface area contributed by atoms with Crippen molar-refractivity contribution in [2.45, 2.75) is 66.7 Å². The Bertz CT molecular complexity index is 2930. The van der Waals surface area contributed by atoms with Gasteiger partial charge in [0.1, 0.15) is 0 Å². The highest BCUT2D eigenvalue weighted by Crippen LogP contribution is 2.27. The summed E-state index contributed by atoms with van der Waals surface area (Å²) in [6.45, 7) is 12.0. The lowest BCUT2D eigenvalue weighted by molar-refractivity contribution is 0.0691. The first-order valence-electron chi connectivity index (χ1n) is 19.9. The van der Waals surface area contributed by atoms with Gasteiger partial charge >= 0.3 is 5.97 Å². The molecule has 0 fully saturated rings. The maximum Gasteiger partial charge on any atom is 0.357 e. The van der Waals surface area contributed by atoms with Crippen molar-refractivity contribution in [3.05, 3.63) is 198 Å². The Morgan fingerprint density at radius 2 is 1.05 bits per heavy atom. The predicted molar refractivity (Wildman–Crippen MR) is 239 cm³/mol. The molecule has 0 aliphatic rings. The molecule has 4 heterocycles. The topological polar surface area (TPSA) is 194 Å². The first-order chi connectivity index (χ1) is 29.3. The van der Waals surface area contributed by atoms with Gasteiger partial charge in [0.2, 0.25) is 0 Å². The number of hydrogen-bond donors (Lipinski definition) is 5. The van der Waals surface area contributed by atoms with E-state index in [4.69, 9.17) is 5.73 Å². The summed E-state index contributed by atoms with van der Waals surface area (Å²) in [5.74, 6) is -1.30. The van der Waals surface area contributed by atoms with Gasteiger partial charge in [0.05, 0.1) is 23.1 Å². The fraction of sp³-hybridized carbons (Fsp3) is 0.208. The van der Waals surface area contributed by atoms with Crippen molar-refractivity contribution in [1.82, 2.24) is 34.8 Å². The van der Waals surface area contributed by atoms with E-state index in [1.165, 1.54) is 0 Å². The third-order valence-electron chi connectivity index (χ3n) is 10.6. The molecule has 4 aromatic carbocycles. The second-order valence-electron chi connectivity index (χ2n) is 14.9. The summed E-state index contributed by atoms with van der Waals surface area (Å²) >= 11 is 0. The number of benzene rings is 4. The van der Waals surface area contributed by atoms with Crippen molar-refractivity contribution >= 4 is 33.7 Å². The molecule has 2 atom stereocenters. The Hall–Kier alpha value is -7.38. The van der Waals surface area contributed by atoms with Crippen LogP contribution in [0.2, 0.25) is 0 Å². The van der Waals surface area contributed by atoms with Crippen molar-refractivity contribution in [2.24, 2.45) is 5.73 Å². The average molecular weight is 819 g/mol. The molecule has 13 heteroatoms. The molecule has 0 radical (unpaired) electrons. The Kier molecular flexibility index (Phi) is 13.5. The van der Waals surface area contributed by atoms with E-state index in [2.05, 4.69) is 32.4 Å².